The Balaban J connectivity index is 2.10. The van der Waals surface area contributed by atoms with Crippen LogP contribution in [0.25, 0.3) is 0 Å². The van der Waals surface area contributed by atoms with Gasteiger partial charge in [-0.25, -0.2) is 0 Å². The highest BCUT2D eigenvalue weighted by Crippen LogP contribution is 2.30. The Bertz CT molecular complexity index is 522. The molecule has 19 heavy (non-hydrogen) atoms. The second kappa shape index (κ2) is 5.48. The van der Waals surface area contributed by atoms with Crippen molar-refractivity contribution < 1.29 is 0 Å². The van der Waals surface area contributed by atoms with Crippen LogP contribution >= 0.6 is 11.6 Å². The summed E-state index contributed by atoms with van der Waals surface area (Å²) in [6.45, 7) is 3.62. The van der Waals surface area contributed by atoms with Crippen molar-refractivity contribution in [3.05, 3.63) is 34.3 Å². The molecule has 0 radical (unpaired) electrons. The highest BCUT2D eigenvalue weighted by atomic mass is 35.5. The zero-order valence-corrected chi connectivity index (χ0v) is 11.6. The second-order valence-corrected chi connectivity index (χ2v) is 5.23. The van der Waals surface area contributed by atoms with Gasteiger partial charge in [0.25, 0.3) is 0 Å². The van der Waals surface area contributed by atoms with Gasteiger partial charge in [-0.05, 0) is 36.6 Å². The zero-order chi connectivity index (χ0) is 14.0. The Morgan fingerprint density at radius 1 is 1.47 bits per heavy atom. The summed E-state index contributed by atoms with van der Waals surface area (Å²) in [5, 5.41) is 8.57. The van der Waals surface area contributed by atoms with Crippen LogP contribution in [-0.2, 0) is 0 Å². The summed E-state index contributed by atoms with van der Waals surface area (Å²) in [7, 11) is 0. The van der Waals surface area contributed by atoms with Crippen LogP contribution in [0.1, 0.15) is 23.5 Å². The van der Waals surface area contributed by atoms with E-state index in [1.165, 1.54) is 11.1 Å². The van der Waals surface area contributed by atoms with Crippen LogP contribution in [0.2, 0.25) is 5.02 Å². The summed E-state index contributed by atoms with van der Waals surface area (Å²) in [5.74, 6) is 0.456. The highest BCUT2D eigenvalue weighted by molar-refractivity contribution is 6.30. The van der Waals surface area contributed by atoms with Gasteiger partial charge in [0.1, 0.15) is 0 Å². The molecular formula is C13H18ClN5. The molecule has 1 heterocycles. The van der Waals surface area contributed by atoms with Crippen LogP contribution in [0.5, 0.6) is 0 Å². The Hall–Kier alpha value is -1.75. The molecule has 0 aliphatic carbocycles. The monoisotopic (exact) mass is 279 g/mol. The van der Waals surface area contributed by atoms with Gasteiger partial charge < -0.3 is 16.4 Å². The molecule has 102 valence electrons. The lowest BCUT2D eigenvalue weighted by Gasteiger charge is -2.17. The van der Waals surface area contributed by atoms with Crippen LogP contribution in [0.3, 0.4) is 0 Å². The number of nitrogens with zero attached hydrogens (tertiary/aromatic N) is 2. The Morgan fingerprint density at radius 3 is 2.84 bits per heavy atom. The standard InChI is InChI=1S/C13H18ClN5/c1-8-6-10(14)2-3-11(8)9-4-5-19(7-9)13(17)18-12(15)16/h2-3,6,9H,4-5,7H2,1H3,(H5,15,16,17,18). The molecule has 0 saturated carbocycles. The molecule has 0 amide bonds. The van der Waals surface area contributed by atoms with Crippen molar-refractivity contribution in [2.24, 2.45) is 16.5 Å². The number of halogens is 1. The van der Waals surface area contributed by atoms with E-state index < -0.39 is 0 Å². The SMILES string of the molecule is Cc1cc(Cl)ccc1C1CCN(C(=N)N=C(N)N)C1. The molecule has 0 aromatic heterocycles. The number of aliphatic imine (C=N–C) groups is 1. The lowest BCUT2D eigenvalue weighted by Crippen LogP contribution is -2.31. The fraction of sp³-hybridized carbons (Fsp3) is 0.385. The van der Waals surface area contributed by atoms with E-state index in [1.54, 1.807) is 0 Å². The Morgan fingerprint density at radius 2 is 2.21 bits per heavy atom. The maximum absolute atomic E-state index is 7.81. The summed E-state index contributed by atoms with van der Waals surface area (Å²) in [5.41, 5.74) is 13.1. The van der Waals surface area contributed by atoms with Crippen molar-refractivity contribution in [3.8, 4) is 0 Å². The minimum atomic E-state index is -0.0730. The molecule has 1 unspecified atom stereocenters. The number of rotatable bonds is 1. The lowest BCUT2D eigenvalue weighted by atomic mass is 9.94. The molecule has 1 fully saturated rings. The summed E-state index contributed by atoms with van der Waals surface area (Å²) < 4.78 is 0. The maximum atomic E-state index is 7.81. The molecule has 0 spiro atoms. The zero-order valence-electron chi connectivity index (χ0n) is 10.9. The van der Waals surface area contributed by atoms with Crippen molar-refractivity contribution >= 4 is 23.5 Å². The minimum Gasteiger partial charge on any atom is -0.370 e. The summed E-state index contributed by atoms with van der Waals surface area (Å²) in [6.07, 6.45) is 0.991. The van der Waals surface area contributed by atoms with Crippen molar-refractivity contribution in [1.29, 1.82) is 5.41 Å². The van der Waals surface area contributed by atoms with Gasteiger partial charge in [-0.2, -0.15) is 4.99 Å². The van der Waals surface area contributed by atoms with Gasteiger partial charge in [0, 0.05) is 24.0 Å². The first-order valence-electron chi connectivity index (χ1n) is 6.16. The normalized spacial score (nSPS) is 18.4. The number of guanidine groups is 2. The number of hydrogen-bond donors (Lipinski definition) is 3. The number of hydrogen-bond acceptors (Lipinski definition) is 1. The van der Waals surface area contributed by atoms with E-state index in [-0.39, 0.29) is 11.9 Å². The average molecular weight is 280 g/mol. The van der Waals surface area contributed by atoms with Crippen LogP contribution in [-0.4, -0.2) is 29.9 Å². The van der Waals surface area contributed by atoms with Gasteiger partial charge in [-0.15, -0.1) is 0 Å². The molecule has 5 N–H and O–H groups in total. The third-order valence-electron chi connectivity index (χ3n) is 3.39. The van der Waals surface area contributed by atoms with E-state index in [4.69, 9.17) is 28.5 Å². The number of aryl methyl sites for hydroxylation is 1. The maximum Gasteiger partial charge on any atom is 0.221 e. The first kappa shape index (κ1) is 13.7. The van der Waals surface area contributed by atoms with Gasteiger partial charge in [-0.1, -0.05) is 17.7 Å². The fourth-order valence-corrected chi connectivity index (χ4v) is 2.72. The lowest BCUT2D eigenvalue weighted by molar-refractivity contribution is 0.501. The smallest absolute Gasteiger partial charge is 0.221 e. The topological polar surface area (TPSA) is 91.5 Å². The van der Waals surface area contributed by atoms with Crippen molar-refractivity contribution in [1.82, 2.24) is 4.90 Å². The molecular weight excluding hydrogens is 262 g/mol. The van der Waals surface area contributed by atoms with E-state index in [0.717, 1.165) is 24.5 Å². The first-order chi connectivity index (χ1) is 8.97. The van der Waals surface area contributed by atoms with Gasteiger partial charge >= 0.3 is 0 Å². The van der Waals surface area contributed by atoms with Crippen LogP contribution in [0.15, 0.2) is 23.2 Å². The molecule has 2 rings (SSSR count). The molecule has 1 saturated heterocycles. The van der Waals surface area contributed by atoms with E-state index in [1.807, 2.05) is 17.0 Å². The predicted molar refractivity (Wildman–Crippen MR) is 78.7 cm³/mol. The number of benzene rings is 1. The molecule has 1 aromatic carbocycles. The largest absolute Gasteiger partial charge is 0.370 e. The van der Waals surface area contributed by atoms with Crippen LogP contribution in [0, 0.1) is 12.3 Å². The van der Waals surface area contributed by atoms with Crippen LogP contribution < -0.4 is 11.5 Å². The molecule has 1 aromatic rings. The molecule has 5 nitrogen and oxygen atoms in total. The quantitative estimate of drug-likeness (QED) is 0.539. The van der Waals surface area contributed by atoms with Gasteiger partial charge in [0.05, 0.1) is 0 Å². The Kier molecular flexibility index (Phi) is 3.95. The van der Waals surface area contributed by atoms with Crippen molar-refractivity contribution in [3.63, 3.8) is 0 Å². The molecule has 1 atom stereocenters. The molecule has 0 bridgehead atoms. The summed E-state index contributed by atoms with van der Waals surface area (Å²) in [6, 6.07) is 5.95. The third kappa shape index (κ3) is 3.17. The fourth-order valence-electron chi connectivity index (χ4n) is 2.50. The summed E-state index contributed by atoms with van der Waals surface area (Å²) in [4.78, 5) is 5.67. The second-order valence-electron chi connectivity index (χ2n) is 4.79. The minimum absolute atomic E-state index is 0.0730. The van der Waals surface area contributed by atoms with E-state index in [0.29, 0.717) is 5.92 Å². The number of nitrogens with two attached hydrogens (primary N) is 2. The van der Waals surface area contributed by atoms with E-state index >= 15 is 0 Å². The van der Waals surface area contributed by atoms with Crippen molar-refractivity contribution in [2.45, 2.75) is 19.3 Å². The summed E-state index contributed by atoms with van der Waals surface area (Å²) >= 11 is 5.97. The number of likely N-dealkylation sites (tertiary alicyclic amines) is 1. The molecule has 1 aliphatic rings. The van der Waals surface area contributed by atoms with E-state index in [9.17, 15) is 0 Å². The van der Waals surface area contributed by atoms with Gasteiger partial charge in [0.2, 0.25) is 5.96 Å². The number of nitrogens with one attached hydrogen (secondary N) is 1. The van der Waals surface area contributed by atoms with Gasteiger partial charge in [0.15, 0.2) is 5.96 Å². The average Bonchev–Trinajstić information content (AvgIpc) is 2.77. The van der Waals surface area contributed by atoms with Gasteiger partial charge in [-0.3, -0.25) is 5.41 Å². The third-order valence-corrected chi connectivity index (χ3v) is 3.63. The molecule has 1 aliphatic heterocycles. The highest BCUT2D eigenvalue weighted by Gasteiger charge is 2.26. The first-order valence-corrected chi connectivity index (χ1v) is 6.54. The van der Waals surface area contributed by atoms with E-state index in [2.05, 4.69) is 18.0 Å². The molecule has 6 heteroatoms. The van der Waals surface area contributed by atoms with Crippen molar-refractivity contribution in [2.75, 3.05) is 13.1 Å². The Labute approximate surface area is 117 Å². The predicted octanol–water partition coefficient (Wildman–Crippen LogP) is 1.65. The van der Waals surface area contributed by atoms with Crippen LogP contribution in [0.4, 0.5) is 0 Å².